The van der Waals surface area contributed by atoms with Crippen LogP contribution >= 0.6 is 7.60 Å². The number of rotatable bonds is 8. The SMILES string of the molecule is CCOP(=O)(OCC)[C@@H](N)c1cc(C(C)C)ccc1OC. The summed E-state index contributed by atoms with van der Waals surface area (Å²) >= 11 is 0. The summed E-state index contributed by atoms with van der Waals surface area (Å²) < 4.78 is 28.9. The van der Waals surface area contributed by atoms with Crippen molar-refractivity contribution in [2.24, 2.45) is 5.73 Å². The molecular weight excluding hydrogens is 289 g/mol. The summed E-state index contributed by atoms with van der Waals surface area (Å²) in [4.78, 5) is 0. The zero-order valence-electron chi connectivity index (χ0n) is 13.5. The molecule has 1 rings (SSSR count). The molecule has 0 saturated heterocycles. The Kier molecular flexibility index (Phi) is 6.88. The molecule has 0 aliphatic heterocycles. The van der Waals surface area contributed by atoms with Gasteiger partial charge in [0.1, 0.15) is 11.5 Å². The molecular formula is C15H26NO4P. The Morgan fingerprint density at radius 1 is 1.19 bits per heavy atom. The molecule has 1 aromatic carbocycles. The molecule has 0 amide bonds. The highest BCUT2D eigenvalue weighted by atomic mass is 31.2. The van der Waals surface area contributed by atoms with Gasteiger partial charge in [0.25, 0.3) is 0 Å². The number of hydrogen-bond acceptors (Lipinski definition) is 5. The van der Waals surface area contributed by atoms with Gasteiger partial charge in [0, 0.05) is 5.56 Å². The molecule has 0 bridgehead atoms. The van der Waals surface area contributed by atoms with Crippen LogP contribution in [-0.4, -0.2) is 20.3 Å². The second-order valence-corrected chi connectivity index (χ2v) is 7.13. The van der Waals surface area contributed by atoms with E-state index in [0.29, 0.717) is 17.2 Å². The van der Waals surface area contributed by atoms with Crippen molar-refractivity contribution in [3.8, 4) is 5.75 Å². The monoisotopic (exact) mass is 315 g/mol. The van der Waals surface area contributed by atoms with E-state index in [9.17, 15) is 4.57 Å². The van der Waals surface area contributed by atoms with E-state index in [1.165, 1.54) is 0 Å². The normalized spacial score (nSPS) is 13.5. The molecule has 0 fully saturated rings. The molecule has 0 unspecified atom stereocenters. The lowest BCUT2D eigenvalue weighted by Gasteiger charge is -2.25. The van der Waals surface area contributed by atoms with Gasteiger partial charge in [0.2, 0.25) is 0 Å². The first kappa shape index (κ1) is 18.2. The molecule has 1 atom stereocenters. The molecule has 120 valence electrons. The summed E-state index contributed by atoms with van der Waals surface area (Å²) in [5.74, 6) is 0.0537. The Hall–Kier alpha value is -0.870. The van der Waals surface area contributed by atoms with Crippen LogP contribution in [0.3, 0.4) is 0 Å². The fraction of sp³-hybridized carbons (Fsp3) is 0.600. The van der Waals surface area contributed by atoms with E-state index in [1.54, 1.807) is 21.0 Å². The van der Waals surface area contributed by atoms with Gasteiger partial charge < -0.3 is 19.5 Å². The summed E-state index contributed by atoms with van der Waals surface area (Å²) in [7, 11) is -1.86. The highest BCUT2D eigenvalue weighted by Gasteiger charge is 2.35. The molecule has 0 saturated carbocycles. The second-order valence-electron chi connectivity index (χ2n) is 4.98. The Balaban J connectivity index is 3.27. The molecule has 21 heavy (non-hydrogen) atoms. The summed E-state index contributed by atoms with van der Waals surface area (Å²) in [6, 6.07) is 5.73. The Bertz CT molecular complexity index is 494. The van der Waals surface area contributed by atoms with Gasteiger partial charge in [0.15, 0.2) is 0 Å². The minimum absolute atomic E-state index is 0.275. The molecule has 0 radical (unpaired) electrons. The van der Waals surface area contributed by atoms with Gasteiger partial charge in [-0.05, 0) is 37.5 Å². The van der Waals surface area contributed by atoms with Gasteiger partial charge >= 0.3 is 7.60 Å². The minimum atomic E-state index is -3.42. The minimum Gasteiger partial charge on any atom is -0.496 e. The summed E-state index contributed by atoms with van der Waals surface area (Å²) in [5.41, 5.74) is 7.94. The molecule has 5 nitrogen and oxygen atoms in total. The Morgan fingerprint density at radius 3 is 2.19 bits per heavy atom. The van der Waals surface area contributed by atoms with E-state index in [1.807, 2.05) is 18.2 Å². The van der Waals surface area contributed by atoms with Crippen molar-refractivity contribution >= 4 is 7.60 Å². The first-order chi connectivity index (χ1) is 9.89. The van der Waals surface area contributed by atoms with Crippen LogP contribution in [0.15, 0.2) is 18.2 Å². The van der Waals surface area contributed by atoms with Crippen LogP contribution in [0.1, 0.15) is 50.5 Å². The molecule has 0 aromatic heterocycles. The van der Waals surface area contributed by atoms with Crippen LogP contribution in [0.2, 0.25) is 0 Å². The maximum absolute atomic E-state index is 12.8. The summed E-state index contributed by atoms with van der Waals surface area (Å²) in [5, 5.41) is 0. The van der Waals surface area contributed by atoms with Gasteiger partial charge in [-0.25, -0.2) is 0 Å². The van der Waals surface area contributed by atoms with E-state index in [-0.39, 0.29) is 13.2 Å². The molecule has 0 aliphatic rings. The second kappa shape index (κ2) is 7.95. The third kappa shape index (κ3) is 4.30. The van der Waals surface area contributed by atoms with E-state index >= 15 is 0 Å². The maximum Gasteiger partial charge on any atom is 0.351 e. The van der Waals surface area contributed by atoms with Gasteiger partial charge in [-0.15, -0.1) is 0 Å². The molecule has 1 aromatic rings. The quantitative estimate of drug-likeness (QED) is 0.733. The molecule has 0 heterocycles. The third-order valence-electron chi connectivity index (χ3n) is 3.20. The molecule has 0 aliphatic carbocycles. The molecule has 6 heteroatoms. The average molecular weight is 315 g/mol. The topological polar surface area (TPSA) is 70.8 Å². The van der Waals surface area contributed by atoms with Crippen molar-refractivity contribution in [3.63, 3.8) is 0 Å². The summed E-state index contributed by atoms with van der Waals surface area (Å²) in [6.07, 6.45) is 0. The highest BCUT2D eigenvalue weighted by Crippen LogP contribution is 2.59. The third-order valence-corrected chi connectivity index (χ3v) is 5.39. The van der Waals surface area contributed by atoms with Crippen molar-refractivity contribution in [1.82, 2.24) is 0 Å². The number of methoxy groups -OCH3 is 1. The van der Waals surface area contributed by atoms with E-state index in [2.05, 4.69) is 13.8 Å². The summed E-state index contributed by atoms with van der Waals surface area (Å²) in [6.45, 7) is 8.25. The first-order valence-corrected chi connectivity index (χ1v) is 8.83. The van der Waals surface area contributed by atoms with Crippen molar-refractivity contribution in [2.45, 2.75) is 39.4 Å². The molecule has 2 N–H and O–H groups in total. The van der Waals surface area contributed by atoms with E-state index in [0.717, 1.165) is 5.56 Å². The van der Waals surface area contributed by atoms with Crippen molar-refractivity contribution in [3.05, 3.63) is 29.3 Å². The van der Waals surface area contributed by atoms with Crippen LogP contribution in [0.25, 0.3) is 0 Å². The fourth-order valence-corrected chi connectivity index (χ4v) is 3.73. The largest absolute Gasteiger partial charge is 0.496 e. The zero-order chi connectivity index (χ0) is 16.0. The lowest BCUT2D eigenvalue weighted by atomic mass is 10.0. The van der Waals surface area contributed by atoms with Crippen LogP contribution in [-0.2, 0) is 13.6 Å². The van der Waals surface area contributed by atoms with Gasteiger partial charge in [-0.3, -0.25) is 4.57 Å². The van der Waals surface area contributed by atoms with E-state index < -0.39 is 13.4 Å². The number of ether oxygens (including phenoxy) is 1. The maximum atomic E-state index is 12.8. The Labute approximate surface area is 127 Å². The zero-order valence-corrected chi connectivity index (χ0v) is 14.4. The van der Waals surface area contributed by atoms with Crippen LogP contribution in [0, 0.1) is 0 Å². The number of nitrogens with two attached hydrogens (primary N) is 1. The standard InChI is InChI=1S/C15H26NO4P/c1-6-19-21(17,20-7-2)15(16)13-10-12(11(3)4)8-9-14(13)18-5/h8-11,15H,6-7,16H2,1-5H3/t15-/m1/s1. The first-order valence-electron chi connectivity index (χ1n) is 7.21. The van der Waals surface area contributed by atoms with Gasteiger partial charge in [-0.2, -0.15) is 0 Å². The highest BCUT2D eigenvalue weighted by molar-refractivity contribution is 7.54. The smallest absolute Gasteiger partial charge is 0.351 e. The van der Waals surface area contributed by atoms with Crippen LogP contribution in [0.5, 0.6) is 5.75 Å². The van der Waals surface area contributed by atoms with Crippen molar-refractivity contribution in [1.29, 1.82) is 0 Å². The van der Waals surface area contributed by atoms with Crippen LogP contribution < -0.4 is 10.5 Å². The van der Waals surface area contributed by atoms with E-state index in [4.69, 9.17) is 19.5 Å². The Morgan fingerprint density at radius 2 is 1.76 bits per heavy atom. The van der Waals surface area contributed by atoms with Gasteiger partial charge in [-0.1, -0.05) is 19.9 Å². The lowest BCUT2D eigenvalue weighted by molar-refractivity contribution is 0.212. The number of benzene rings is 1. The predicted octanol–water partition coefficient (Wildman–Crippen LogP) is 4.04. The lowest BCUT2D eigenvalue weighted by Crippen LogP contribution is -2.16. The fourth-order valence-electron chi connectivity index (χ4n) is 2.07. The van der Waals surface area contributed by atoms with Crippen LogP contribution in [0.4, 0.5) is 0 Å². The van der Waals surface area contributed by atoms with Crippen molar-refractivity contribution < 1.29 is 18.3 Å². The van der Waals surface area contributed by atoms with Crippen molar-refractivity contribution in [2.75, 3.05) is 20.3 Å². The van der Waals surface area contributed by atoms with Gasteiger partial charge in [0.05, 0.1) is 20.3 Å². The average Bonchev–Trinajstić information content (AvgIpc) is 2.46. The predicted molar refractivity (Wildman–Crippen MR) is 84.9 cm³/mol. The number of hydrogen-bond donors (Lipinski definition) is 1. The molecule has 0 spiro atoms.